The van der Waals surface area contributed by atoms with Crippen LogP contribution in [-0.2, 0) is 54.3 Å². The van der Waals surface area contributed by atoms with E-state index in [1.807, 2.05) is 119 Å². The summed E-state index contributed by atoms with van der Waals surface area (Å²) >= 11 is 0. The maximum atomic E-state index is 12.8. The lowest BCUT2D eigenvalue weighted by molar-refractivity contribution is -0.143. The maximum Gasteiger partial charge on any atom is 0.410 e. The molecule has 0 bridgehead atoms. The van der Waals surface area contributed by atoms with Crippen molar-refractivity contribution < 1.29 is 52.5 Å². The minimum atomic E-state index is -0.548. The van der Waals surface area contributed by atoms with Gasteiger partial charge in [-0.15, -0.1) is 24.0 Å². The van der Waals surface area contributed by atoms with Crippen molar-refractivity contribution in [2.45, 2.75) is 161 Å². The molecule has 8 aliphatic rings. The van der Waals surface area contributed by atoms with E-state index in [1.54, 1.807) is 15.9 Å². The van der Waals surface area contributed by atoms with Gasteiger partial charge in [0.1, 0.15) is 23.4 Å². The van der Waals surface area contributed by atoms with Gasteiger partial charge in [0.15, 0.2) is 5.78 Å². The molecule has 5 atom stereocenters. The van der Waals surface area contributed by atoms with E-state index < -0.39 is 17.1 Å². The number of carbonyl (C=O) groups is 6. The van der Waals surface area contributed by atoms with E-state index >= 15 is 0 Å². The Morgan fingerprint density at radius 1 is 0.595 bits per heavy atom. The number of halogens is 1. The Morgan fingerprint density at radius 3 is 1.41 bits per heavy atom. The van der Waals surface area contributed by atoms with Crippen molar-refractivity contribution in [2.75, 3.05) is 46.4 Å². The number of nitrogens with one attached hydrogen (secondary N) is 1. The highest BCUT2D eigenvalue weighted by atomic mass is 127. The predicted octanol–water partition coefficient (Wildman–Crippen LogP) is 11.4. The molecule has 3 aliphatic carbocycles. The number of Topliss-reactive ketones (excluding diaryl/α,β-unsaturated/α-hetero) is 1. The number of hydrogen-bond donors (Lipinski definition) is 1. The third kappa shape index (κ3) is 12.5. The topological polar surface area (TPSA) is 167 Å². The molecular formula is C59H82IN3O11. The molecule has 406 valence electrons. The summed E-state index contributed by atoms with van der Waals surface area (Å²) in [4.78, 5) is 75.8. The lowest BCUT2D eigenvalue weighted by atomic mass is 9.61. The number of hydrogen-bond acceptors (Lipinski definition) is 12. The van der Waals surface area contributed by atoms with Crippen LogP contribution in [0.15, 0.2) is 72.8 Å². The Morgan fingerprint density at radius 2 is 0.986 bits per heavy atom. The van der Waals surface area contributed by atoms with Crippen molar-refractivity contribution in [3.8, 4) is 0 Å². The number of carbonyl (C=O) groups excluding carboxylic acids is 6. The smallest absolute Gasteiger partial charge is 0.410 e. The average molecular weight is 1140 g/mol. The molecule has 5 aliphatic heterocycles. The number of ketones is 1. The highest BCUT2D eigenvalue weighted by Crippen LogP contribution is 2.55. The second-order valence-electron chi connectivity index (χ2n) is 22.0. The normalized spacial score (nSPS) is 23.9. The van der Waals surface area contributed by atoms with E-state index in [2.05, 4.69) is 35.6 Å². The third-order valence-electron chi connectivity index (χ3n) is 14.8. The van der Waals surface area contributed by atoms with Crippen molar-refractivity contribution in [2.24, 2.45) is 17.8 Å². The fraction of sp³-hybridized carbons (Fsp3) is 0.593. The SMILES string of the molecule is CC.CC.CC.CC(C)(C)OC(=O)N1CC2(CC3CC(=O)OC3c3ccccc32)C1.COC(=O)CC1CC2(CN(C(=O)OC(C)(C)C)C2)c2ccccc2C1=O.I.O=C1CC2CC3(CNC3)c3ccccc3C2O1. The van der Waals surface area contributed by atoms with Gasteiger partial charge in [0.25, 0.3) is 0 Å². The van der Waals surface area contributed by atoms with Crippen LogP contribution in [0.4, 0.5) is 9.59 Å². The van der Waals surface area contributed by atoms with Crippen molar-refractivity contribution >= 4 is 59.9 Å². The molecule has 2 amide bonds. The second-order valence-corrected chi connectivity index (χ2v) is 22.0. The van der Waals surface area contributed by atoms with Crippen LogP contribution >= 0.6 is 24.0 Å². The molecule has 11 rings (SSSR count). The molecule has 5 fully saturated rings. The molecule has 3 aromatic rings. The summed E-state index contributed by atoms with van der Waals surface area (Å²) in [5, 5.41) is 3.38. The number of likely N-dealkylation sites (tertiary alicyclic amines) is 2. The van der Waals surface area contributed by atoms with E-state index in [1.165, 1.54) is 23.8 Å². The van der Waals surface area contributed by atoms with Crippen molar-refractivity contribution in [3.05, 3.63) is 106 Å². The summed E-state index contributed by atoms with van der Waals surface area (Å²) in [6, 6.07) is 24.2. The van der Waals surface area contributed by atoms with Crippen molar-refractivity contribution in [3.63, 3.8) is 0 Å². The Hall–Kier alpha value is -5.03. The minimum absolute atomic E-state index is 0. The van der Waals surface area contributed by atoms with Gasteiger partial charge in [0, 0.05) is 78.8 Å². The number of nitrogens with zero attached hydrogens (tertiary/aromatic N) is 2. The zero-order valence-corrected chi connectivity index (χ0v) is 48.4. The molecule has 0 saturated carbocycles. The first-order valence-electron chi connectivity index (χ1n) is 26.7. The summed E-state index contributed by atoms with van der Waals surface area (Å²) in [7, 11) is 1.33. The number of rotatable bonds is 2. The molecule has 5 saturated heterocycles. The lowest BCUT2D eigenvalue weighted by Crippen LogP contribution is -2.64. The van der Waals surface area contributed by atoms with E-state index in [4.69, 9.17) is 23.7 Å². The molecule has 3 spiro atoms. The Kier molecular flexibility index (Phi) is 19.7. The van der Waals surface area contributed by atoms with Gasteiger partial charge in [-0.2, -0.15) is 0 Å². The van der Waals surface area contributed by atoms with Crippen LogP contribution < -0.4 is 5.32 Å². The summed E-state index contributed by atoms with van der Waals surface area (Å²) in [5.41, 5.74) is 5.46. The van der Waals surface area contributed by atoms with Gasteiger partial charge < -0.3 is 38.8 Å². The zero-order chi connectivity index (χ0) is 53.7. The third-order valence-corrected chi connectivity index (χ3v) is 14.8. The summed E-state index contributed by atoms with van der Waals surface area (Å²) in [5.74, 6) is -0.362. The molecule has 3 aromatic carbocycles. The van der Waals surface area contributed by atoms with Crippen LogP contribution in [0.2, 0.25) is 0 Å². The summed E-state index contributed by atoms with van der Waals surface area (Å²) in [6.45, 7) is 27.5. The second kappa shape index (κ2) is 24.3. The molecule has 1 N–H and O–H groups in total. The van der Waals surface area contributed by atoms with E-state index in [9.17, 15) is 28.8 Å². The highest BCUT2D eigenvalue weighted by Gasteiger charge is 2.57. The molecule has 5 unspecified atom stereocenters. The number of methoxy groups -OCH3 is 1. The van der Waals surface area contributed by atoms with Gasteiger partial charge in [0.2, 0.25) is 0 Å². The Balaban J connectivity index is 0.000000197. The standard InChI is InChI=1S/C20H25NO5.C19H23NO4.C14H15NO2.3C2H6.HI/c1-19(2,3)26-18(24)21-11-20(12-21)10-13(9-16(22)25-4)17(23)14-7-5-6-8-15(14)20;1-18(2,3)24-17(22)20-10-19(11-20)9-12-8-15(21)23-16(12)13-6-4-5-7-14(13)19;16-12-5-9-6-14(7-15-8-14)11-4-2-1-3-10(11)13(9)17-12;3*1-2;/h5-8,13H,9-12H2,1-4H3;4-7,12,16H,8-11H2,1-3H3;1-4,9,13,15H,5-8H2;3*1-2H3;1H. The number of benzene rings is 3. The highest BCUT2D eigenvalue weighted by molar-refractivity contribution is 14.0. The maximum absolute atomic E-state index is 12.8. The first-order chi connectivity index (χ1) is 34.7. The van der Waals surface area contributed by atoms with Gasteiger partial charge in [-0.05, 0) is 88.6 Å². The predicted molar refractivity (Wildman–Crippen MR) is 294 cm³/mol. The van der Waals surface area contributed by atoms with Crippen LogP contribution in [0.3, 0.4) is 0 Å². The molecule has 15 heteroatoms. The van der Waals surface area contributed by atoms with Crippen molar-refractivity contribution in [1.29, 1.82) is 0 Å². The van der Waals surface area contributed by atoms with Crippen LogP contribution in [0.25, 0.3) is 0 Å². The number of esters is 3. The van der Waals surface area contributed by atoms with Gasteiger partial charge in [0.05, 0.1) is 26.4 Å². The minimum Gasteiger partial charge on any atom is -0.469 e. The first kappa shape index (κ1) is 59.8. The zero-order valence-electron chi connectivity index (χ0n) is 46.1. The number of amides is 2. The van der Waals surface area contributed by atoms with Gasteiger partial charge in [-0.1, -0.05) is 114 Å². The Labute approximate surface area is 456 Å². The quantitative estimate of drug-likeness (QED) is 0.147. The fourth-order valence-electron chi connectivity index (χ4n) is 12.0. The van der Waals surface area contributed by atoms with Gasteiger partial charge in [-0.3, -0.25) is 19.2 Å². The molecule has 14 nitrogen and oxygen atoms in total. The fourth-order valence-corrected chi connectivity index (χ4v) is 12.0. The summed E-state index contributed by atoms with van der Waals surface area (Å²) < 4.78 is 26.7. The van der Waals surface area contributed by atoms with Crippen LogP contribution in [0.1, 0.15) is 172 Å². The molecule has 5 heterocycles. The van der Waals surface area contributed by atoms with Crippen molar-refractivity contribution in [1.82, 2.24) is 15.1 Å². The number of ether oxygens (including phenoxy) is 5. The van der Waals surface area contributed by atoms with Crippen LogP contribution in [0, 0.1) is 17.8 Å². The molecule has 0 radical (unpaired) electrons. The van der Waals surface area contributed by atoms with E-state index in [0.29, 0.717) is 56.9 Å². The monoisotopic (exact) mass is 1140 g/mol. The van der Waals surface area contributed by atoms with Crippen LogP contribution in [0.5, 0.6) is 0 Å². The average Bonchev–Trinajstić information content (AvgIpc) is 3.91. The molecule has 0 aromatic heterocycles. The number of fused-ring (bicyclic) bond motifs is 10. The van der Waals surface area contributed by atoms with E-state index in [-0.39, 0.29) is 101 Å². The summed E-state index contributed by atoms with van der Waals surface area (Å²) in [6.07, 6.45) is 2.96. The van der Waals surface area contributed by atoms with Crippen LogP contribution in [-0.4, -0.2) is 103 Å². The van der Waals surface area contributed by atoms with Gasteiger partial charge in [-0.25, -0.2) is 9.59 Å². The molecular weight excluding hydrogens is 1050 g/mol. The lowest BCUT2D eigenvalue weighted by Gasteiger charge is -2.54. The van der Waals surface area contributed by atoms with Gasteiger partial charge >= 0.3 is 30.1 Å². The molecule has 74 heavy (non-hydrogen) atoms. The first-order valence-corrected chi connectivity index (χ1v) is 26.7. The van der Waals surface area contributed by atoms with E-state index in [0.717, 1.165) is 37.1 Å². The Bertz CT molecular complexity index is 2480. The largest absolute Gasteiger partial charge is 0.469 e.